The molecule has 0 spiro atoms. The standard InChI is InChI=1S/C10H19N3O/c1-4-6-9(11)10(14)12-7-8-13(3)5-2/h1,9H,5-8,11H2,2-3H3,(H,12,14). The van der Waals surface area contributed by atoms with E-state index in [1.165, 1.54) is 0 Å². The van der Waals surface area contributed by atoms with Crippen LogP contribution in [-0.2, 0) is 4.79 Å². The molecule has 0 radical (unpaired) electrons. The van der Waals surface area contributed by atoms with Crippen molar-refractivity contribution in [3.8, 4) is 12.3 Å². The fourth-order valence-electron chi connectivity index (χ4n) is 0.879. The van der Waals surface area contributed by atoms with Crippen molar-refractivity contribution < 1.29 is 4.79 Å². The summed E-state index contributed by atoms with van der Waals surface area (Å²) in [6.07, 6.45) is 5.33. The molecule has 0 heterocycles. The second-order valence-electron chi connectivity index (χ2n) is 3.20. The maximum atomic E-state index is 11.3. The predicted octanol–water partition coefficient (Wildman–Crippen LogP) is -0.595. The number of carbonyl (C=O) groups excluding carboxylic acids is 1. The van der Waals surface area contributed by atoms with Crippen LogP contribution in [0.25, 0.3) is 0 Å². The molecule has 0 aliphatic heterocycles. The van der Waals surface area contributed by atoms with E-state index in [0.29, 0.717) is 6.54 Å². The van der Waals surface area contributed by atoms with Crippen LogP contribution in [0.1, 0.15) is 13.3 Å². The van der Waals surface area contributed by atoms with Gasteiger partial charge in [-0.3, -0.25) is 4.79 Å². The van der Waals surface area contributed by atoms with Crippen LogP contribution < -0.4 is 11.1 Å². The summed E-state index contributed by atoms with van der Waals surface area (Å²) in [4.78, 5) is 13.4. The highest BCUT2D eigenvalue weighted by Gasteiger charge is 2.10. The van der Waals surface area contributed by atoms with Crippen molar-refractivity contribution in [3.63, 3.8) is 0 Å². The van der Waals surface area contributed by atoms with Gasteiger partial charge in [-0.15, -0.1) is 12.3 Å². The molecule has 0 rings (SSSR count). The summed E-state index contributed by atoms with van der Waals surface area (Å²) in [5.41, 5.74) is 5.51. The van der Waals surface area contributed by atoms with Crippen LogP contribution in [0.3, 0.4) is 0 Å². The zero-order valence-corrected chi connectivity index (χ0v) is 8.92. The molecular weight excluding hydrogens is 178 g/mol. The average molecular weight is 197 g/mol. The van der Waals surface area contributed by atoms with Crippen LogP contribution in [-0.4, -0.2) is 43.5 Å². The lowest BCUT2D eigenvalue weighted by Gasteiger charge is -2.15. The summed E-state index contributed by atoms with van der Waals surface area (Å²) in [5, 5.41) is 2.73. The lowest BCUT2D eigenvalue weighted by Crippen LogP contribution is -2.42. The first-order valence-electron chi connectivity index (χ1n) is 4.77. The predicted molar refractivity (Wildman–Crippen MR) is 57.6 cm³/mol. The van der Waals surface area contributed by atoms with Gasteiger partial charge in [-0.2, -0.15) is 0 Å². The normalized spacial score (nSPS) is 12.2. The molecule has 1 atom stereocenters. The Kier molecular flexibility index (Phi) is 6.81. The largest absolute Gasteiger partial charge is 0.353 e. The topological polar surface area (TPSA) is 58.4 Å². The molecule has 1 unspecified atom stereocenters. The summed E-state index contributed by atoms with van der Waals surface area (Å²) in [6.45, 7) is 4.46. The number of hydrogen-bond donors (Lipinski definition) is 2. The van der Waals surface area contributed by atoms with Crippen LogP contribution >= 0.6 is 0 Å². The van der Waals surface area contributed by atoms with Gasteiger partial charge in [-0.25, -0.2) is 0 Å². The molecule has 4 nitrogen and oxygen atoms in total. The van der Waals surface area contributed by atoms with Crippen molar-refractivity contribution in [3.05, 3.63) is 0 Å². The van der Waals surface area contributed by atoms with Crippen LogP contribution in [0.4, 0.5) is 0 Å². The summed E-state index contributed by atoms with van der Waals surface area (Å²) in [6, 6.07) is -0.577. The molecule has 0 aliphatic carbocycles. The highest BCUT2D eigenvalue weighted by molar-refractivity contribution is 5.81. The number of terminal acetylenes is 1. The highest BCUT2D eigenvalue weighted by Crippen LogP contribution is 1.85. The Hall–Kier alpha value is -1.05. The zero-order valence-electron chi connectivity index (χ0n) is 8.92. The van der Waals surface area contributed by atoms with E-state index in [2.05, 4.69) is 23.1 Å². The molecule has 0 bridgehead atoms. The Morgan fingerprint density at radius 3 is 2.86 bits per heavy atom. The van der Waals surface area contributed by atoms with Crippen molar-refractivity contribution >= 4 is 5.91 Å². The third-order valence-electron chi connectivity index (χ3n) is 2.01. The highest BCUT2D eigenvalue weighted by atomic mass is 16.2. The Balaban J connectivity index is 3.59. The maximum Gasteiger partial charge on any atom is 0.237 e. The summed E-state index contributed by atoms with van der Waals surface area (Å²) < 4.78 is 0. The Labute approximate surface area is 85.8 Å². The van der Waals surface area contributed by atoms with Gasteiger partial charge in [0.15, 0.2) is 0 Å². The molecule has 0 saturated carbocycles. The third-order valence-corrected chi connectivity index (χ3v) is 2.01. The molecule has 1 amide bonds. The number of nitrogens with one attached hydrogen (secondary N) is 1. The molecule has 14 heavy (non-hydrogen) atoms. The van der Waals surface area contributed by atoms with Crippen molar-refractivity contribution in [1.29, 1.82) is 0 Å². The van der Waals surface area contributed by atoms with E-state index >= 15 is 0 Å². The summed E-state index contributed by atoms with van der Waals surface area (Å²) in [7, 11) is 1.99. The van der Waals surface area contributed by atoms with Crippen molar-refractivity contribution in [2.75, 3.05) is 26.7 Å². The minimum Gasteiger partial charge on any atom is -0.353 e. The smallest absolute Gasteiger partial charge is 0.237 e. The SMILES string of the molecule is C#CCC(N)C(=O)NCCN(C)CC. The number of likely N-dealkylation sites (N-methyl/N-ethyl adjacent to an activating group) is 1. The van der Waals surface area contributed by atoms with Crippen LogP contribution in [0.2, 0.25) is 0 Å². The van der Waals surface area contributed by atoms with E-state index < -0.39 is 6.04 Å². The van der Waals surface area contributed by atoms with Gasteiger partial charge in [-0.1, -0.05) is 6.92 Å². The Morgan fingerprint density at radius 2 is 2.36 bits per heavy atom. The zero-order chi connectivity index (χ0) is 11.0. The van der Waals surface area contributed by atoms with Gasteiger partial charge in [-0.05, 0) is 13.6 Å². The minimum atomic E-state index is -0.577. The second-order valence-corrected chi connectivity index (χ2v) is 3.20. The van der Waals surface area contributed by atoms with Crippen molar-refractivity contribution in [1.82, 2.24) is 10.2 Å². The van der Waals surface area contributed by atoms with Gasteiger partial charge in [0.25, 0.3) is 0 Å². The number of amides is 1. The molecule has 0 saturated heterocycles. The van der Waals surface area contributed by atoms with Gasteiger partial charge in [0.05, 0.1) is 6.04 Å². The minimum absolute atomic E-state index is 0.174. The Bertz CT molecular complexity index is 210. The van der Waals surface area contributed by atoms with Gasteiger partial charge in [0, 0.05) is 19.5 Å². The first kappa shape index (κ1) is 12.9. The van der Waals surface area contributed by atoms with Gasteiger partial charge < -0.3 is 16.0 Å². The molecular formula is C10H19N3O. The van der Waals surface area contributed by atoms with E-state index in [0.717, 1.165) is 13.1 Å². The van der Waals surface area contributed by atoms with Crippen molar-refractivity contribution in [2.24, 2.45) is 5.73 Å². The van der Waals surface area contributed by atoms with Crippen molar-refractivity contribution in [2.45, 2.75) is 19.4 Å². The number of hydrogen-bond acceptors (Lipinski definition) is 3. The molecule has 0 aliphatic rings. The van der Waals surface area contributed by atoms with E-state index in [1.807, 2.05) is 7.05 Å². The van der Waals surface area contributed by atoms with Crippen LogP contribution in [0.5, 0.6) is 0 Å². The second kappa shape index (κ2) is 7.36. The van der Waals surface area contributed by atoms with Gasteiger partial charge in [0.2, 0.25) is 5.91 Å². The molecule has 0 aromatic carbocycles. The van der Waals surface area contributed by atoms with E-state index in [4.69, 9.17) is 12.2 Å². The molecule has 3 N–H and O–H groups in total. The lowest BCUT2D eigenvalue weighted by atomic mass is 10.2. The third kappa shape index (κ3) is 5.57. The first-order valence-corrected chi connectivity index (χ1v) is 4.77. The molecule has 0 aromatic rings. The molecule has 4 heteroatoms. The number of rotatable bonds is 6. The van der Waals surface area contributed by atoms with E-state index in [1.54, 1.807) is 0 Å². The quantitative estimate of drug-likeness (QED) is 0.559. The molecule has 0 aromatic heterocycles. The first-order chi connectivity index (χ1) is 6.61. The monoisotopic (exact) mass is 197 g/mol. The Morgan fingerprint density at radius 1 is 1.71 bits per heavy atom. The molecule has 0 fully saturated rings. The van der Waals surface area contributed by atoms with E-state index in [9.17, 15) is 4.79 Å². The van der Waals surface area contributed by atoms with Crippen LogP contribution in [0, 0.1) is 12.3 Å². The molecule has 80 valence electrons. The summed E-state index contributed by atoms with van der Waals surface area (Å²) >= 11 is 0. The average Bonchev–Trinajstić information content (AvgIpc) is 2.17. The van der Waals surface area contributed by atoms with Crippen LogP contribution in [0.15, 0.2) is 0 Å². The van der Waals surface area contributed by atoms with E-state index in [-0.39, 0.29) is 12.3 Å². The summed E-state index contributed by atoms with van der Waals surface area (Å²) in [5.74, 6) is 2.19. The fraction of sp³-hybridized carbons (Fsp3) is 0.700. The maximum absolute atomic E-state index is 11.3. The number of carbonyl (C=O) groups is 1. The van der Waals surface area contributed by atoms with Gasteiger partial charge in [0.1, 0.15) is 0 Å². The number of nitrogens with zero attached hydrogens (tertiary/aromatic N) is 1. The number of nitrogens with two attached hydrogens (primary N) is 1. The lowest BCUT2D eigenvalue weighted by molar-refractivity contribution is -0.122. The fourth-order valence-corrected chi connectivity index (χ4v) is 0.879. The van der Waals surface area contributed by atoms with Gasteiger partial charge >= 0.3 is 0 Å².